The molecule has 0 radical (unpaired) electrons. The third-order valence-electron chi connectivity index (χ3n) is 14.3. The van der Waals surface area contributed by atoms with Gasteiger partial charge in [0.2, 0.25) is 0 Å². The number of hydrazine groups is 1. The second-order valence-corrected chi connectivity index (χ2v) is 20.6. The van der Waals surface area contributed by atoms with Gasteiger partial charge in [0, 0.05) is 51.1 Å². The minimum atomic E-state index is -0.822. The normalized spacial score (nSPS) is 15.5. The van der Waals surface area contributed by atoms with Gasteiger partial charge >= 0.3 is 0 Å². The Morgan fingerprint density at radius 3 is 1.37 bits per heavy atom. The summed E-state index contributed by atoms with van der Waals surface area (Å²) in [5, 5.41) is 8.91. The van der Waals surface area contributed by atoms with Gasteiger partial charge in [0.25, 0.3) is 23.6 Å². The van der Waals surface area contributed by atoms with Crippen LogP contribution < -0.4 is 14.4 Å². The lowest BCUT2D eigenvalue weighted by molar-refractivity contribution is 0.00211. The highest BCUT2D eigenvalue weighted by molar-refractivity contribution is 6.41. The topological polar surface area (TPSA) is 96.5 Å². The van der Waals surface area contributed by atoms with Crippen LogP contribution in [0.1, 0.15) is 113 Å². The van der Waals surface area contributed by atoms with Crippen molar-refractivity contribution in [1.82, 2.24) is 10.0 Å². The first-order valence-corrected chi connectivity index (χ1v) is 23.5. The van der Waals surface area contributed by atoms with E-state index in [1.807, 2.05) is 60.7 Å². The molecule has 0 aliphatic carbocycles. The molecule has 0 unspecified atom stereocenters. The van der Waals surface area contributed by atoms with Gasteiger partial charge in [-0.15, -0.1) is 0 Å². The summed E-state index contributed by atoms with van der Waals surface area (Å²) in [6.07, 6.45) is 3.43. The van der Waals surface area contributed by atoms with Crippen molar-refractivity contribution in [3.63, 3.8) is 0 Å². The highest BCUT2D eigenvalue weighted by Gasteiger charge is 2.47. The number of hydrogen-bond donors (Lipinski definition) is 0. The van der Waals surface area contributed by atoms with Crippen molar-refractivity contribution >= 4 is 83.2 Å². The van der Waals surface area contributed by atoms with Crippen molar-refractivity contribution in [2.24, 2.45) is 0 Å². The Kier molecular flexibility index (Phi) is 9.10. The quantitative estimate of drug-likeness (QED) is 0.0931. The maximum absolute atomic E-state index is 15.5. The van der Waals surface area contributed by atoms with Crippen LogP contribution in [-0.2, 0) is 10.8 Å². The van der Waals surface area contributed by atoms with Gasteiger partial charge < -0.3 is 14.4 Å². The van der Waals surface area contributed by atoms with E-state index in [1.54, 1.807) is 36.4 Å². The van der Waals surface area contributed by atoms with Gasteiger partial charge in [-0.05, 0) is 117 Å². The zero-order chi connectivity index (χ0) is 47.0. The van der Waals surface area contributed by atoms with E-state index in [2.05, 4.69) is 76.8 Å². The van der Waals surface area contributed by atoms with Gasteiger partial charge in [0.1, 0.15) is 23.0 Å². The summed E-state index contributed by atoms with van der Waals surface area (Å²) in [4.78, 5) is 62.6. The first-order valence-electron chi connectivity index (χ1n) is 23.5. The van der Waals surface area contributed by atoms with Crippen molar-refractivity contribution in [3.8, 4) is 23.0 Å². The number of carbonyl (C=O) groups is 4. The van der Waals surface area contributed by atoms with Crippen LogP contribution in [0.25, 0.3) is 53.9 Å². The van der Waals surface area contributed by atoms with Crippen molar-refractivity contribution in [2.75, 3.05) is 18.0 Å². The van der Waals surface area contributed by atoms with Gasteiger partial charge in [-0.25, -0.2) is 0 Å². The molecule has 9 aromatic rings. The third-order valence-corrected chi connectivity index (χ3v) is 14.3. The van der Waals surface area contributed by atoms with Crippen LogP contribution in [0.4, 0.5) is 5.69 Å². The summed E-state index contributed by atoms with van der Waals surface area (Å²) in [5.74, 6) is -1.32. The molecule has 0 aromatic heterocycles. The lowest BCUT2D eigenvalue weighted by atomic mass is 9.83. The average molecular weight is 896 g/mol. The smallest absolute Gasteiger partial charge is 0.281 e. The molecule has 3 heterocycles. The molecule has 12 rings (SSSR count). The van der Waals surface area contributed by atoms with Gasteiger partial charge in [-0.3, -0.25) is 19.2 Å². The number of anilines is 1. The fraction of sp³-hybridized carbons (Fsp3) is 0.220. The molecule has 3 aliphatic heterocycles. The molecule has 0 N–H and O–H groups in total. The molecule has 9 heteroatoms. The Morgan fingerprint density at radius 1 is 0.412 bits per heavy atom. The lowest BCUT2D eigenvalue weighted by Crippen LogP contribution is -2.58. The Bertz CT molecular complexity index is 3460. The minimum absolute atomic E-state index is 0.102. The summed E-state index contributed by atoms with van der Waals surface area (Å²) in [5.41, 5.74) is 3.86. The minimum Gasteiger partial charge on any atom is -0.457 e. The first-order chi connectivity index (χ1) is 32.7. The van der Waals surface area contributed by atoms with Gasteiger partial charge in [-0.1, -0.05) is 114 Å². The average Bonchev–Trinajstić information content (AvgIpc) is 3.33. The Hall–Kier alpha value is -7.78. The zero-order valence-corrected chi connectivity index (χ0v) is 39.0. The van der Waals surface area contributed by atoms with E-state index in [-0.39, 0.29) is 33.1 Å². The molecule has 68 heavy (non-hydrogen) atoms. The number of rotatable bonds is 6. The number of ether oxygens (including phenoxy) is 2. The van der Waals surface area contributed by atoms with Gasteiger partial charge in [-0.2, -0.15) is 10.0 Å². The molecule has 4 amide bonds. The summed E-state index contributed by atoms with van der Waals surface area (Å²) >= 11 is 0. The highest BCUT2D eigenvalue weighted by Crippen LogP contribution is 2.53. The van der Waals surface area contributed by atoms with Crippen LogP contribution in [0.3, 0.4) is 0 Å². The first kappa shape index (κ1) is 41.6. The molecule has 336 valence electrons. The fourth-order valence-corrected chi connectivity index (χ4v) is 10.8. The number of amides is 4. The maximum Gasteiger partial charge on any atom is 0.281 e. The van der Waals surface area contributed by atoms with Crippen LogP contribution in [0.15, 0.2) is 127 Å². The molecule has 3 aliphatic rings. The summed E-state index contributed by atoms with van der Waals surface area (Å²) < 4.78 is 14.0. The number of hydrogen-bond acceptors (Lipinski definition) is 7. The van der Waals surface area contributed by atoms with Crippen LogP contribution in [0.5, 0.6) is 23.0 Å². The molecular weight excluding hydrogens is 847 g/mol. The van der Waals surface area contributed by atoms with E-state index in [0.29, 0.717) is 65.3 Å². The number of benzene rings is 9. The summed E-state index contributed by atoms with van der Waals surface area (Å²) in [7, 11) is 0. The number of piperidine rings is 1. The van der Waals surface area contributed by atoms with Gasteiger partial charge in [0.05, 0.1) is 22.3 Å². The number of fused-ring (bicyclic) bond motifs is 2. The fourth-order valence-electron chi connectivity index (χ4n) is 10.8. The monoisotopic (exact) mass is 895 g/mol. The Balaban J connectivity index is 1.16. The standard InChI is InChI=1S/C59H49N3O6/c1-58(2,3)34-19-23-36(24-20-34)67-46-31-43-50-44(57(66)62(56(43)65)61-54(63)41-17-10-13-33-14-11-18-42(48(33)41)55(61)64)32-47(68-37-25-21-35(22-26-37)59(4,5)6)52-40-27-28-45(60-29-8-7-9-30-60)38-15-12-16-39(49(38)40)51(46)53(50)52/h10-28,31-32H,7-9,29-30H2,1-6H3. The van der Waals surface area contributed by atoms with E-state index in [1.165, 1.54) is 6.42 Å². The Labute approximate surface area is 393 Å². The lowest BCUT2D eigenvalue weighted by Gasteiger charge is -2.37. The summed E-state index contributed by atoms with van der Waals surface area (Å²) in [6, 6.07) is 40.3. The van der Waals surface area contributed by atoms with E-state index in [4.69, 9.17) is 9.47 Å². The maximum atomic E-state index is 15.5. The van der Waals surface area contributed by atoms with E-state index in [0.717, 1.165) is 64.3 Å². The second kappa shape index (κ2) is 14.9. The van der Waals surface area contributed by atoms with Crippen LogP contribution in [0, 0.1) is 0 Å². The van der Waals surface area contributed by atoms with Crippen molar-refractivity contribution in [2.45, 2.75) is 71.6 Å². The predicted molar refractivity (Wildman–Crippen MR) is 269 cm³/mol. The van der Waals surface area contributed by atoms with Crippen molar-refractivity contribution < 1.29 is 28.7 Å². The molecule has 0 bridgehead atoms. The van der Waals surface area contributed by atoms with Crippen molar-refractivity contribution in [1.29, 1.82) is 0 Å². The number of imide groups is 2. The second-order valence-electron chi connectivity index (χ2n) is 20.6. The zero-order valence-electron chi connectivity index (χ0n) is 39.0. The Morgan fingerprint density at radius 2 is 0.868 bits per heavy atom. The van der Waals surface area contributed by atoms with E-state index < -0.39 is 23.6 Å². The van der Waals surface area contributed by atoms with Crippen LogP contribution in [-0.4, -0.2) is 46.7 Å². The van der Waals surface area contributed by atoms with Crippen LogP contribution in [0.2, 0.25) is 0 Å². The molecule has 1 saturated heterocycles. The van der Waals surface area contributed by atoms with Crippen LogP contribution >= 0.6 is 0 Å². The summed E-state index contributed by atoms with van der Waals surface area (Å²) in [6.45, 7) is 14.9. The number of nitrogens with zero attached hydrogens (tertiary/aromatic N) is 3. The number of carbonyl (C=O) groups excluding carboxylic acids is 4. The molecular formula is C59H49N3O6. The molecule has 0 saturated carbocycles. The van der Waals surface area contributed by atoms with Crippen molar-refractivity contribution in [3.05, 3.63) is 161 Å². The molecule has 9 aromatic carbocycles. The van der Waals surface area contributed by atoms with Gasteiger partial charge in [0.15, 0.2) is 0 Å². The van der Waals surface area contributed by atoms with E-state index in [9.17, 15) is 9.59 Å². The third kappa shape index (κ3) is 6.21. The molecule has 0 atom stereocenters. The van der Waals surface area contributed by atoms with E-state index >= 15 is 9.59 Å². The molecule has 0 spiro atoms. The highest BCUT2D eigenvalue weighted by atomic mass is 16.5. The predicted octanol–water partition coefficient (Wildman–Crippen LogP) is 13.9. The SMILES string of the molecule is CC(C)(C)c1ccc(Oc2cc3c4c(cc(Oc5ccc(C(C)(C)C)cc5)c5c6ccc(N7CCCCC7)c7cccc(c2c45)c76)C(=O)N(N2C(=O)c4cccc5cccc(c45)C2=O)C3=O)cc1. The molecule has 9 nitrogen and oxygen atoms in total. The largest absolute Gasteiger partial charge is 0.457 e. The molecule has 1 fully saturated rings.